The summed E-state index contributed by atoms with van der Waals surface area (Å²) in [4.78, 5) is 8.48. The Morgan fingerprint density at radius 2 is 1.69 bits per heavy atom. The number of nitrogens with one attached hydrogen (secondary N) is 1. The topological polar surface area (TPSA) is 89.8 Å². The second kappa shape index (κ2) is 7.84. The van der Waals surface area contributed by atoms with Crippen molar-refractivity contribution < 1.29 is 8.42 Å². The summed E-state index contributed by atoms with van der Waals surface area (Å²) in [6.07, 6.45) is 6.35. The van der Waals surface area contributed by atoms with Gasteiger partial charge in [0.25, 0.3) is 5.16 Å². The van der Waals surface area contributed by atoms with Gasteiger partial charge in [-0.25, -0.2) is 18.1 Å². The van der Waals surface area contributed by atoms with Crippen LogP contribution in [0.4, 0.5) is 5.82 Å². The molecule has 8 heteroatoms. The van der Waals surface area contributed by atoms with Crippen LogP contribution in [0.3, 0.4) is 0 Å². The highest BCUT2D eigenvalue weighted by atomic mass is 32.2. The van der Waals surface area contributed by atoms with Crippen LogP contribution < -0.4 is 5.32 Å². The van der Waals surface area contributed by atoms with Gasteiger partial charge in [0.05, 0.1) is 11.6 Å². The highest BCUT2D eigenvalue weighted by molar-refractivity contribution is 7.90. The number of rotatable bonds is 6. The third-order valence-corrected chi connectivity index (χ3v) is 5.12. The van der Waals surface area contributed by atoms with E-state index in [4.69, 9.17) is 0 Å². The Kier molecular flexibility index (Phi) is 5.09. The third-order valence-electron chi connectivity index (χ3n) is 4.28. The van der Waals surface area contributed by atoms with Crippen molar-refractivity contribution >= 4 is 39.0 Å². The summed E-state index contributed by atoms with van der Waals surface area (Å²) in [6.45, 7) is 0.501. The number of nitrogens with zero attached hydrogens (tertiary/aromatic N) is 4. The molecule has 2 aromatic heterocycles. The smallest absolute Gasteiger partial charge is 0.250 e. The first-order valence-electron chi connectivity index (χ1n) is 8.97. The zero-order valence-corrected chi connectivity index (χ0v) is 16.5. The van der Waals surface area contributed by atoms with Gasteiger partial charge in [-0.05, 0) is 17.2 Å². The van der Waals surface area contributed by atoms with Crippen LogP contribution >= 0.6 is 0 Å². The van der Waals surface area contributed by atoms with Crippen molar-refractivity contribution in [1.82, 2.24) is 19.7 Å². The number of aromatic nitrogens is 4. The van der Waals surface area contributed by atoms with E-state index in [0.717, 1.165) is 17.4 Å². The summed E-state index contributed by atoms with van der Waals surface area (Å²) in [5.41, 5.74) is 2.47. The Hall–Kier alpha value is -3.52. The van der Waals surface area contributed by atoms with Gasteiger partial charge in [-0.1, -0.05) is 60.7 Å². The molecule has 146 valence electrons. The molecule has 4 aromatic rings. The molecular formula is C21H19N5O2S. The number of fused-ring (bicyclic) bond motifs is 1. The highest BCUT2D eigenvalue weighted by Gasteiger charge is 2.18. The van der Waals surface area contributed by atoms with Crippen LogP contribution in [0.2, 0.25) is 0 Å². The van der Waals surface area contributed by atoms with Crippen molar-refractivity contribution in [2.24, 2.45) is 0 Å². The van der Waals surface area contributed by atoms with Gasteiger partial charge in [-0.3, -0.25) is 0 Å². The minimum Gasteiger partial charge on any atom is -0.365 e. The zero-order valence-electron chi connectivity index (χ0n) is 15.7. The van der Waals surface area contributed by atoms with E-state index in [1.54, 1.807) is 17.1 Å². The van der Waals surface area contributed by atoms with E-state index in [9.17, 15) is 8.42 Å². The summed E-state index contributed by atoms with van der Waals surface area (Å²) in [5.74, 6) is 0.429. The fourth-order valence-corrected chi connectivity index (χ4v) is 3.33. The lowest BCUT2D eigenvalue weighted by Gasteiger charge is -2.08. The summed E-state index contributed by atoms with van der Waals surface area (Å²) >= 11 is 0. The predicted molar refractivity (Wildman–Crippen MR) is 114 cm³/mol. The van der Waals surface area contributed by atoms with Crippen LogP contribution in [0.5, 0.6) is 0 Å². The molecule has 0 saturated carbocycles. The first-order chi connectivity index (χ1) is 14.0. The van der Waals surface area contributed by atoms with Gasteiger partial charge in [-0.15, -0.1) is 0 Å². The molecule has 0 bridgehead atoms. The summed E-state index contributed by atoms with van der Waals surface area (Å²) in [5, 5.41) is 7.96. The minimum atomic E-state index is -3.59. The molecule has 0 aliphatic rings. The molecule has 0 saturated heterocycles. The van der Waals surface area contributed by atoms with Crippen LogP contribution in [0.25, 0.3) is 23.3 Å². The first kappa shape index (κ1) is 18.8. The van der Waals surface area contributed by atoms with E-state index >= 15 is 0 Å². The van der Waals surface area contributed by atoms with Gasteiger partial charge in [0.2, 0.25) is 9.84 Å². The maximum atomic E-state index is 12.1. The molecule has 1 N–H and O–H groups in total. The summed E-state index contributed by atoms with van der Waals surface area (Å²) < 4.78 is 25.8. The molecule has 0 fully saturated rings. The van der Waals surface area contributed by atoms with E-state index in [1.165, 1.54) is 0 Å². The van der Waals surface area contributed by atoms with Crippen molar-refractivity contribution in [3.8, 4) is 0 Å². The van der Waals surface area contributed by atoms with Gasteiger partial charge < -0.3 is 5.32 Å². The molecule has 0 radical (unpaired) electrons. The number of hydrogen-bond donors (Lipinski definition) is 1. The largest absolute Gasteiger partial charge is 0.365 e. The third kappa shape index (κ3) is 4.33. The maximum absolute atomic E-state index is 12.1. The molecule has 0 unspecified atom stereocenters. The molecule has 2 heterocycles. The minimum absolute atomic E-state index is 0.240. The Balaban J connectivity index is 1.75. The van der Waals surface area contributed by atoms with Crippen LogP contribution in [0, 0.1) is 0 Å². The standard InChI is InChI=1S/C21H19N5O2S/c1-29(27,28)21-24-19(22-14-17-10-6-3-7-11-17)18-15-23-26(20(18)25-21)13-12-16-8-4-2-5-9-16/h2-13,15H,14H2,1H3,(H,22,24,25)/b13-12+. The van der Waals surface area contributed by atoms with E-state index < -0.39 is 9.84 Å². The Morgan fingerprint density at radius 1 is 1.00 bits per heavy atom. The molecule has 0 amide bonds. The second-order valence-electron chi connectivity index (χ2n) is 6.52. The molecule has 0 spiro atoms. The van der Waals surface area contributed by atoms with Crippen LogP contribution in [0.15, 0.2) is 72.0 Å². The number of benzene rings is 2. The monoisotopic (exact) mass is 405 g/mol. The molecule has 0 aliphatic carbocycles. The fourth-order valence-electron chi connectivity index (χ4n) is 2.82. The average molecular weight is 405 g/mol. The lowest BCUT2D eigenvalue weighted by molar-refractivity contribution is 0.593. The quantitative estimate of drug-likeness (QED) is 0.494. The van der Waals surface area contributed by atoms with Gasteiger partial charge in [-0.2, -0.15) is 10.1 Å². The normalized spacial score (nSPS) is 11.9. The van der Waals surface area contributed by atoms with Crippen LogP contribution in [-0.4, -0.2) is 34.4 Å². The molecule has 7 nitrogen and oxygen atoms in total. The summed E-state index contributed by atoms with van der Waals surface area (Å²) in [6, 6.07) is 19.5. The number of hydrogen-bond acceptors (Lipinski definition) is 6. The fraction of sp³-hybridized carbons (Fsp3) is 0.0952. The first-order valence-corrected chi connectivity index (χ1v) is 10.9. The van der Waals surface area contributed by atoms with Crippen molar-refractivity contribution in [1.29, 1.82) is 0 Å². The van der Waals surface area contributed by atoms with E-state index in [0.29, 0.717) is 23.4 Å². The van der Waals surface area contributed by atoms with Crippen molar-refractivity contribution in [3.63, 3.8) is 0 Å². The van der Waals surface area contributed by atoms with E-state index in [1.807, 2.05) is 66.7 Å². The molecule has 0 aliphatic heterocycles. The molecule has 2 aromatic carbocycles. The van der Waals surface area contributed by atoms with Crippen molar-refractivity contribution in [3.05, 3.63) is 78.0 Å². The highest BCUT2D eigenvalue weighted by Crippen LogP contribution is 2.23. The predicted octanol–water partition coefficient (Wildman–Crippen LogP) is 3.47. The Labute approximate surface area is 168 Å². The van der Waals surface area contributed by atoms with Crippen LogP contribution in [-0.2, 0) is 16.4 Å². The van der Waals surface area contributed by atoms with Gasteiger partial charge in [0.15, 0.2) is 5.65 Å². The van der Waals surface area contributed by atoms with E-state index in [-0.39, 0.29) is 5.16 Å². The Morgan fingerprint density at radius 3 is 2.38 bits per heavy atom. The van der Waals surface area contributed by atoms with Gasteiger partial charge >= 0.3 is 0 Å². The molecule has 0 atom stereocenters. The number of sulfone groups is 1. The zero-order chi connectivity index (χ0) is 20.3. The molecular weight excluding hydrogens is 386 g/mol. The second-order valence-corrected chi connectivity index (χ2v) is 8.43. The van der Waals surface area contributed by atoms with Gasteiger partial charge in [0.1, 0.15) is 5.82 Å². The lowest BCUT2D eigenvalue weighted by Crippen LogP contribution is -2.09. The molecule has 29 heavy (non-hydrogen) atoms. The molecule has 4 rings (SSSR count). The maximum Gasteiger partial charge on any atom is 0.250 e. The number of anilines is 1. The van der Waals surface area contributed by atoms with Crippen molar-refractivity contribution in [2.75, 3.05) is 11.6 Å². The SMILES string of the molecule is CS(=O)(=O)c1nc(NCc2ccccc2)c2cnn(/C=C/c3ccccc3)c2n1. The van der Waals surface area contributed by atoms with Gasteiger partial charge in [0, 0.05) is 19.0 Å². The Bertz CT molecular complexity index is 1270. The van der Waals surface area contributed by atoms with Crippen LogP contribution in [0.1, 0.15) is 11.1 Å². The summed E-state index contributed by atoms with van der Waals surface area (Å²) in [7, 11) is -3.59. The van der Waals surface area contributed by atoms with Crippen molar-refractivity contribution in [2.45, 2.75) is 11.7 Å². The van der Waals surface area contributed by atoms with E-state index in [2.05, 4.69) is 20.4 Å². The lowest BCUT2D eigenvalue weighted by atomic mass is 10.2. The average Bonchev–Trinajstić information content (AvgIpc) is 3.14.